The minimum Gasteiger partial charge on any atom is -0.328 e. The molecule has 1 aromatic heterocycles. The molecule has 1 heterocycles. The lowest BCUT2D eigenvalue weighted by Gasteiger charge is -1.97. The number of nitrogens with one attached hydrogen (secondary N) is 1. The van der Waals surface area contributed by atoms with Crippen LogP contribution in [0.3, 0.4) is 0 Å². The van der Waals surface area contributed by atoms with Crippen molar-refractivity contribution in [1.29, 1.82) is 0 Å². The van der Waals surface area contributed by atoms with Gasteiger partial charge in [0, 0.05) is 21.2 Å². The van der Waals surface area contributed by atoms with Gasteiger partial charge in [-0.3, -0.25) is 4.79 Å². The lowest BCUT2D eigenvalue weighted by atomic mass is 10.2. The van der Waals surface area contributed by atoms with Gasteiger partial charge < -0.3 is 4.98 Å². The van der Waals surface area contributed by atoms with E-state index in [2.05, 4.69) is 27.6 Å². The molecule has 3 heteroatoms. The first kappa shape index (κ1) is 7.79. The number of hydrogen-bond acceptors (Lipinski definition) is 1. The van der Waals surface area contributed by atoms with Crippen LogP contribution in [-0.4, -0.2) is 4.98 Å². The number of halogens is 1. The summed E-state index contributed by atoms with van der Waals surface area (Å²) in [5, 5.41) is 2.09. The summed E-state index contributed by atoms with van der Waals surface area (Å²) >= 11 is 2.22. The summed E-state index contributed by atoms with van der Waals surface area (Å²) in [6, 6.07) is 7.56. The third-order valence-corrected chi connectivity index (χ3v) is 2.67. The minimum atomic E-state index is -0.0494. The van der Waals surface area contributed by atoms with Crippen molar-refractivity contribution < 1.29 is 0 Å². The van der Waals surface area contributed by atoms with Gasteiger partial charge in [-0.25, -0.2) is 0 Å². The van der Waals surface area contributed by atoms with Gasteiger partial charge in [0.1, 0.15) is 0 Å². The average molecular weight is 271 g/mol. The van der Waals surface area contributed by atoms with Crippen LogP contribution >= 0.6 is 22.6 Å². The van der Waals surface area contributed by atoms with E-state index in [1.165, 1.54) is 0 Å². The van der Waals surface area contributed by atoms with Crippen molar-refractivity contribution in [2.24, 2.45) is 0 Å². The molecule has 0 atom stereocenters. The van der Waals surface area contributed by atoms with Crippen LogP contribution in [0.5, 0.6) is 0 Å². The van der Waals surface area contributed by atoms with Crippen molar-refractivity contribution in [3.63, 3.8) is 0 Å². The molecule has 2 aromatic rings. The number of aromatic nitrogens is 1. The molecule has 12 heavy (non-hydrogen) atoms. The Bertz CT molecular complexity index is 475. The zero-order valence-electron chi connectivity index (χ0n) is 6.17. The van der Waals surface area contributed by atoms with Crippen molar-refractivity contribution in [3.05, 3.63) is 44.4 Å². The van der Waals surface area contributed by atoms with Crippen LogP contribution in [-0.2, 0) is 0 Å². The molecule has 2 nitrogen and oxygen atoms in total. The zero-order chi connectivity index (χ0) is 8.55. The molecule has 0 amide bonds. The molecule has 0 spiro atoms. The molecule has 0 unspecified atom stereocenters. The van der Waals surface area contributed by atoms with Gasteiger partial charge in [0.2, 0.25) is 5.56 Å². The van der Waals surface area contributed by atoms with Crippen LogP contribution < -0.4 is 5.56 Å². The quantitative estimate of drug-likeness (QED) is 0.731. The van der Waals surface area contributed by atoms with Gasteiger partial charge in [-0.15, -0.1) is 0 Å². The summed E-state index contributed by atoms with van der Waals surface area (Å²) < 4.78 is 1.11. The fraction of sp³-hybridized carbons (Fsp3) is 0. The third kappa shape index (κ3) is 1.24. The van der Waals surface area contributed by atoms with Crippen LogP contribution in [0.1, 0.15) is 0 Å². The minimum absolute atomic E-state index is 0.0494. The predicted molar refractivity (Wildman–Crippen MR) is 57.3 cm³/mol. The maximum atomic E-state index is 11.0. The van der Waals surface area contributed by atoms with E-state index in [1.54, 1.807) is 12.3 Å². The smallest absolute Gasteiger partial charge is 0.248 e. The number of benzene rings is 1. The monoisotopic (exact) mass is 271 g/mol. The number of pyridine rings is 1. The first-order chi connectivity index (χ1) is 5.77. The van der Waals surface area contributed by atoms with E-state index >= 15 is 0 Å². The summed E-state index contributed by atoms with van der Waals surface area (Å²) in [7, 11) is 0. The second-order valence-corrected chi connectivity index (χ2v) is 3.70. The lowest BCUT2D eigenvalue weighted by Crippen LogP contribution is -2.01. The highest BCUT2D eigenvalue weighted by molar-refractivity contribution is 14.1. The summed E-state index contributed by atoms with van der Waals surface area (Å²) in [6.07, 6.45) is 1.74. The standard InChI is InChI=1S/C9H6INO/c10-8-3-1-2-6-5-11-9(12)4-7(6)8/h1-5H,(H,11,12). The largest absolute Gasteiger partial charge is 0.328 e. The Labute approximate surface area is 82.8 Å². The highest BCUT2D eigenvalue weighted by Gasteiger charge is 1.96. The van der Waals surface area contributed by atoms with E-state index in [-0.39, 0.29) is 5.56 Å². The number of H-pyrrole nitrogens is 1. The van der Waals surface area contributed by atoms with Crippen molar-refractivity contribution in [3.8, 4) is 0 Å². The topological polar surface area (TPSA) is 32.9 Å². The van der Waals surface area contributed by atoms with Crippen molar-refractivity contribution >= 4 is 33.4 Å². The molecule has 0 aliphatic carbocycles. The summed E-state index contributed by atoms with van der Waals surface area (Å²) in [6.45, 7) is 0. The molecule has 0 saturated heterocycles. The maximum absolute atomic E-state index is 11.0. The van der Waals surface area contributed by atoms with E-state index in [4.69, 9.17) is 0 Å². The highest BCUT2D eigenvalue weighted by Crippen LogP contribution is 2.17. The normalized spacial score (nSPS) is 10.4. The Morgan fingerprint density at radius 2 is 2.17 bits per heavy atom. The Morgan fingerprint density at radius 3 is 3.00 bits per heavy atom. The molecule has 0 radical (unpaired) electrons. The van der Waals surface area contributed by atoms with Crippen molar-refractivity contribution in [2.45, 2.75) is 0 Å². The zero-order valence-corrected chi connectivity index (χ0v) is 8.33. The van der Waals surface area contributed by atoms with Crippen LogP contribution in [0.4, 0.5) is 0 Å². The van der Waals surface area contributed by atoms with Crippen molar-refractivity contribution in [2.75, 3.05) is 0 Å². The van der Waals surface area contributed by atoms with E-state index < -0.39 is 0 Å². The highest BCUT2D eigenvalue weighted by atomic mass is 127. The lowest BCUT2D eigenvalue weighted by molar-refractivity contribution is 1.27. The summed E-state index contributed by atoms with van der Waals surface area (Å²) in [4.78, 5) is 13.6. The second-order valence-electron chi connectivity index (χ2n) is 2.54. The number of hydrogen-bond donors (Lipinski definition) is 1. The SMILES string of the molecule is O=c1cc2c(I)cccc2c[nH]1. The van der Waals surface area contributed by atoms with Crippen molar-refractivity contribution in [1.82, 2.24) is 4.98 Å². The van der Waals surface area contributed by atoms with Gasteiger partial charge in [-0.2, -0.15) is 0 Å². The third-order valence-electron chi connectivity index (χ3n) is 1.73. The number of rotatable bonds is 0. The second kappa shape index (κ2) is 2.90. The summed E-state index contributed by atoms with van der Waals surface area (Å²) in [5.74, 6) is 0. The van der Waals surface area contributed by atoms with E-state index in [0.29, 0.717) is 0 Å². The first-order valence-electron chi connectivity index (χ1n) is 3.54. The van der Waals surface area contributed by atoms with E-state index in [0.717, 1.165) is 14.3 Å². The van der Waals surface area contributed by atoms with Crippen LogP contribution in [0.25, 0.3) is 10.8 Å². The molecule has 60 valence electrons. The Kier molecular flexibility index (Phi) is 1.88. The summed E-state index contributed by atoms with van der Waals surface area (Å²) in [5.41, 5.74) is -0.0494. The van der Waals surface area contributed by atoms with Gasteiger partial charge in [0.15, 0.2) is 0 Å². The number of aromatic amines is 1. The molecule has 0 aliphatic heterocycles. The molecule has 0 aliphatic rings. The van der Waals surface area contributed by atoms with Crippen LogP contribution in [0, 0.1) is 3.57 Å². The van der Waals surface area contributed by atoms with Gasteiger partial charge in [0.25, 0.3) is 0 Å². The van der Waals surface area contributed by atoms with Crippen LogP contribution in [0.15, 0.2) is 35.3 Å². The molecule has 0 bridgehead atoms. The molecule has 0 fully saturated rings. The first-order valence-corrected chi connectivity index (χ1v) is 4.62. The average Bonchev–Trinajstić information content (AvgIpc) is 2.07. The Balaban J connectivity index is 2.97. The fourth-order valence-electron chi connectivity index (χ4n) is 1.15. The van der Waals surface area contributed by atoms with Crippen LogP contribution in [0.2, 0.25) is 0 Å². The van der Waals surface area contributed by atoms with E-state index in [1.807, 2.05) is 18.2 Å². The van der Waals surface area contributed by atoms with Gasteiger partial charge in [-0.05, 0) is 34.0 Å². The Morgan fingerprint density at radius 1 is 1.33 bits per heavy atom. The van der Waals surface area contributed by atoms with Gasteiger partial charge in [-0.1, -0.05) is 12.1 Å². The molecular weight excluding hydrogens is 265 g/mol. The van der Waals surface area contributed by atoms with Gasteiger partial charge >= 0.3 is 0 Å². The molecular formula is C9H6INO. The predicted octanol–water partition coefficient (Wildman–Crippen LogP) is 2.13. The molecule has 0 saturated carbocycles. The molecule has 1 aromatic carbocycles. The van der Waals surface area contributed by atoms with E-state index in [9.17, 15) is 4.79 Å². The Hall–Kier alpha value is -0.840. The maximum Gasteiger partial charge on any atom is 0.248 e. The van der Waals surface area contributed by atoms with Gasteiger partial charge in [0.05, 0.1) is 0 Å². The molecule has 2 rings (SSSR count). The fourth-order valence-corrected chi connectivity index (χ4v) is 1.83. The molecule has 1 N–H and O–H groups in total. The number of fused-ring (bicyclic) bond motifs is 1.